The van der Waals surface area contributed by atoms with Crippen molar-refractivity contribution in [3.63, 3.8) is 0 Å². The van der Waals surface area contributed by atoms with Crippen molar-refractivity contribution in [2.24, 2.45) is 11.8 Å². The van der Waals surface area contributed by atoms with Gasteiger partial charge in [-0.1, -0.05) is 43.5 Å². The summed E-state index contributed by atoms with van der Waals surface area (Å²) >= 11 is 5.99. The van der Waals surface area contributed by atoms with Crippen LogP contribution in [0.2, 0.25) is 5.02 Å². The number of halogens is 1. The van der Waals surface area contributed by atoms with Crippen LogP contribution in [0, 0.1) is 11.8 Å². The van der Waals surface area contributed by atoms with Crippen LogP contribution >= 0.6 is 11.6 Å². The molecule has 0 N–H and O–H groups in total. The minimum absolute atomic E-state index is 0.216. The zero-order valence-electron chi connectivity index (χ0n) is 11.0. The van der Waals surface area contributed by atoms with Crippen molar-refractivity contribution in [2.45, 2.75) is 45.4 Å². The van der Waals surface area contributed by atoms with Gasteiger partial charge in [-0.05, 0) is 42.9 Å². The van der Waals surface area contributed by atoms with Gasteiger partial charge in [0.1, 0.15) is 5.78 Å². The van der Waals surface area contributed by atoms with Crippen LogP contribution in [0.4, 0.5) is 0 Å². The summed E-state index contributed by atoms with van der Waals surface area (Å²) in [5.74, 6) is 1.41. The molecule has 0 radical (unpaired) electrons. The highest BCUT2D eigenvalue weighted by molar-refractivity contribution is 6.30. The van der Waals surface area contributed by atoms with E-state index >= 15 is 0 Å². The lowest BCUT2D eigenvalue weighted by atomic mass is 9.76. The normalized spacial score (nSPS) is 24.2. The summed E-state index contributed by atoms with van der Waals surface area (Å²) in [7, 11) is 0. The molecule has 0 aliphatic heterocycles. The monoisotopic (exact) mass is 264 g/mol. The van der Waals surface area contributed by atoms with E-state index in [9.17, 15) is 4.79 Å². The molecule has 1 nitrogen and oxygen atoms in total. The maximum Gasteiger partial charge on any atom is 0.136 e. The molecule has 1 fully saturated rings. The zero-order chi connectivity index (χ0) is 13.0. The third-order valence-electron chi connectivity index (χ3n) is 3.94. The highest BCUT2D eigenvalue weighted by Crippen LogP contribution is 2.32. The molecule has 0 bridgehead atoms. The third kappa shape index (κ3) is 3.58. The van der Waals surface area contributed by atoms with Crippen molar-refractivity contribution >= 4 is 17.4 Å². The molecule has 2 rings (SSSR count). The molecule has 0 amide bonds. The fourth-order valence-electron chi connectivity index (χ4n) is 3.02. The van der Waals surface area contributed by atoms with Gasteiger partial charge in [-0.2, -0.15) is 0 Å². The van der Waals surface area contributed by atoms with E-state index < -0.39 is 0 Å². The number of Topliss-reactive ketones (excluding diaryl/α,β-unsaturated/α-hetero) is 1. The van der Waals surface area contributed by atoms with Crippen molar-refractivity contribution in [3.05, 3.63) is 34.9 Å². The van der Waals surface area contributed by atoms with Gasteiger partial charge >= 0.3 is 0 Å². The number of carbonyl (C=O) groups is 1. The molecule has 98 valence electrons. The van der Waals surface area contributed by atoms with Gasteiger partial charge in [-0.25, -0.2) is 0 Å². The Morgan fingerprint density at radius 2 is 2.22 bits per heavy atom. The standard InChI is InChI=1S/C16H21ClO/c1-2-4-12-7-8-16(18)14(9-12)10-13-5-3-6-15(17)11-13/h3,5-6,11-12,14H,2,4,7-10H2,1H3. The highest BCUT2D eigenvalue weighted by atomic mass is 35.5. The van der Waals surface area contributed by atoms with Crippen molar-refractivity contribution in [3.8, 4) is 0 Å². The highest BCUT2D eigenvalue weighted by Gasteiger charge is 2.28. The Morgan fingerprint density at radius 1 is 1.39 bits per heavy atom. The molecular formula is C16H21ClO. The van der Waals surface area contributed by atoms with Crippen LogP contribution in [0.3, 0.4) is 0 Å². The average molecular weight is 265 g/mol. The molecule has 0 saturated heterocycles. The van der Waals surface area contributed by atoms with Crippen LogP contribution < -0.4 is 0 Å². The van der Waals surface area contributed by atoms with Gasteiger partial charge in [-0.15, -0.1) is 0 Å². The Balaban J connectivity index is 2.00. The minimum atomic E-state index is 0.216. The lowest BCUT2D eigenvalue weighted by Crippen LogP contribution is -2.26. The minimum Gasteiger partial charge on any atom is -0.299 e. The van der Waals surface area contributed by atoms with Gasteiger partial charge in [0.2, 0.25) is 0 Å². The Kier molecular flexibility index (Phi) is 4.82. The molecule has 1 aromatic rings. The van der Waals surface area contributed by atoms with Gasteiger partial charge in [0.15, 0.2) is 0 Å². The van der Waals surface area contributed by atoms with Crippen LogP contribution in [0.1, 0.15) is 44.6 Å². The molecule has 1 aliphatic carbocycles. The van der Waals surface area contributed by atoms with Crippen LogP contribution in [0.25, 0.3) is 0 Å². The number of ketones is 1. The molecule has 2 atom stereocenters. The van der Waals surface area contributed by atoms with Crippen LogP contribution in [0.5, 0.6) is 0 Å². The average Bonchev–Trinajstić information content (AvgIpc) is 2.34. The lowest BCUT2D eigenvalue weighted by molar-refractivity contribution is -0.125. The van der Waals surface area contributed by atoms with Crippen LogP contribution in [-0.4, -0.2) is 5.78 Å². The Morgan fingerprint density at radius 3 is 2.94 bits per heavy atom. The maximum absolute atomic E-state index is 12.0. The first kappa shape index (κ1) is 13.6. The van der Waals surface area contributed by atoms with Crippen molar-refractivity contribution in [1.82, 2.24) is 0 Å². The first-order valence-corrected chi connectivity index (χ1v) is 7.34. The van der Waals surface area contributed by atoms with Crippen molar-refractivity contribution in [1.29, 1.82) is 0 Å². The van der Waals surface area contributed by atoms with E-state index in [-0.39, 0.29) is 5.92 Å². The smallest absolute Gasteiger partial charge is 0.136 e. The second-order valence-corrected chi connectivity index (χ2v) is 5.86. The summed E-state index contributed by atoms with van der Waals surface area (Å²) in [5.41, 5.74) is 1.19. The molecule has 1 saturated carbocycles. The molecule has 0 aromatic heterocycles. The second-order valence-electron chi connectivity index (χ2n) is 5.43. The van der Waals surface area contributed by atoms with Crippen LogP contribution in [-0.2, 0) is 11.2 Å². The summed E-state index contributed by atoms with van der Waals surface area (Å²) in [6, 6.07) is 7.91. The molecule has 18 heavy (non-hydrogen) atoms. The number of benzene rings is 1. The molecule has 1 aliphatic rings. The Bertz CT molecular complexity index is 413. The summed E-state index contributed by atoms with van der Waals surface area (Å²) in [4.78, 5) is 12.0. The van der Waals surface area contributed by atoms with Gasteiger partial charge in [0.25, 0.3) is 0 Å². The quantitative estimate of drug-likeness (QED) is 0.772. The van der Waals surface area contributed by atoms with Crippen molar-refractivity contribution < 1.29 is 4.79 Å². The number of rotatable bonds is 4. The fraction of sp³-hybridized carbons (Fsp3) is 0.562. The summed E-state index contributed by atoms with van der Waals surface area (Å²) in [6.45, 7) is 2.22. The first-order valence-electron chi connectivity index (χ1n) is 6.96. The SMILES string of the molecule is CCCC1CCC(=O)C(Cc2cccc(Cl)c2)C1. The second kappa shape index (κ2) is 6.38. The van der Waals surface area contributed by atoms with Crippen LogP contribution in [0.15, 0.2) is 24.3 Å². The predicted octanol–water partition coefficient (Wildman–Crippen LogP) is 4.67. The zero-order valence-corrected chi connectivity index (χ0v) is 11.7. The largest absolute Gasteiger partial charge is 0.299 e. The Hall–Kier alpha value is -0.820. The van der Waals surface area contributed by atoms with Crippen molar-refractivity contribution in [2.75, 3.05) is 0 Å². The molecular weight excluding hydrogens is 244 g/mol. The third-order valence-corrected chi connectivity index (χ3v) is 4.18. The molecule has 2 heteroatoms. The van der Waals surface area contributed by atoms with Gasteiger partial charge < -0.3 is 0 Å². The molecule has 1 aromatic carbocycles. The van der Waals surface area contributed by atoms with E-state index in [0.717, 1.165) is 36.6 Å². The number of hydrogen-bond acceptors (Lipinski definition) is 1. The van der Waals surface area contributed by atoms with Gasteiger partial charge in [-0.3, -0.25) is 4.79 Å². The summed E-state index contributed by atoms with van der Waals surface area (Å²) in [5, 5.41) is 0.765. The topological polar surface area (TPSA) is 17.1 Å². The fourth-order valence-corrected chi connectivity index (χ4v) is 3.23. The van der Waals surface area contributed by atoms with E-state index in [0.29, 0.717) is 5.78 Å². The van der Waals surface area contributed by atoms with E-state index in [1.807, 2.05) is 18.2 Å². The summed E-state index contributed by atoms with van der Waals surface area (Å²) < 4.78 is 0. The molecule has 0 heterocycles. The first-order chi connectivity index (χ1) is 8.69. The molecule has 2 unspecified atom stereocenters. The predicted molar refractivity (Wildman–Crippen MR) is 75.9 cm³/mol. The lowest BCUT2D eigenvalue weighted by Gasteiger charge is -2.28. The van der Waals surface area contributed by atoms with Gasteiger partial charge in [0.05, 0.1) is 0 Å². The molecule has 0 spiro atoms. The van der Waals surface area contributed by atoms with Gasteiger partial charge in [0, 0.05) is 17.4 Å². The maximum atomic E-state index is 12.0. The summed E-state index contributed by atoms with van der Waals surface area (Å²) in [6.07, 6.45) is 6.29. The van der Waals surface area contributed by atoms with E-state index in [4.69, 9.17) is 11.6 Å². The van der Waals surface area contributed by atoms with E-state index in [1.165, 1.54) is 18.4 Å². The van der Waals surface area contributed by atoms with E-state index in [2.05, 4.69) is 13.0 Å². The number of hydrogen-bond donors (Lipinski definition) is 0. The Labute approximate surface area is 115 Å². The number of carbonyl (C=O) groups excluding carboxylic acids is 1. The van der Waals surface area contributed by atoms with E-state index in [1.54, 1.807) is 0 Å².